The van der Waals surface area contributed by atoms with Crippen LogP contribution in [0, 0.1) is 5.92 Å². The average Bonchev–Trinajstić information content (AvgIpc) is 2.28. The van der Waals surface area contributed by atoms with E-state index in [1.807, 2.05) is 6.92 Å². The van der Waals surface area contributed by atoms with Gasteiger partial charge < -0.3 is 5.11 Å². The highest BCUT2D eigenvalue weighted by molar-refractivity contribution is 7.98. The van der Waals surface area contributed by atoms with Gasteiger partial charge in [-0.25, -0.2) is 0 Å². The Hall–Kier alpha value is -0.680. The second-order valence-electron chi connectivity index (χ2n) is 3.96. The quantitative estimate of drug-likeness (QED) is 0.877. The van der Waals surface area contributed by atoms with Gasteiger partial charge in [-0.1, -0.05) is 25.1 Å². The first-order valence-corrected chi connectivity index (χ1v) is 6.44. The van der Waals surface area contributed by atoms with Gasteiger partial charge in [-0.3, -0.25) is 0 Å². The molecule has 0 saturated carbocycles. The van der Waals surface area contributed by atoms with E-state index in [-0.39, 0.29) is 12.5 Å². The van der Waals surface area contributed by atoms with Crippen molar-refractivity contribution >= 4 is 11.8 Å². The molecule has 0 aromatic heterocycles. The molecule has 1 unspecified atom stereocenters. The monoisotopic (exact) mass is 264 g/mol. The second-order valence-corrected chi connectivity index (χ2v) is 4.99. The van der Waals surface area contributed by atoms with Gasteiger partial charge in [-0.2, -0.15) is 24.9 Å². The van der Waals surface area contributed by atoms with E-state index in [9.17, 15) is 13.2 Å². The molecular weight excluding hydrogens is 249 g/mol. The molecular formula is C12H15F3OS. The zero-order chi connectivity index (χ0) is 12.9. The highest BCUT2D eigenvalue weighted by atomic mass is 32.2. The Morgan fingerprint density at radius 1 is 1.29 bits per heavy atom. The van der Waals surface area contributed by atoms with Crippen LogP contribution in [0.1, 0.15) is 18.1 Å². The molecule has 96 valence electrons. The maximum Gasteiger partial charge on any atom is 0.416 e. The van der Waals surface area contributed by atoms with Crippen LogP contribution in [0.4, 0.5) is 13.2 Å². The Labute approximate surface area is 103 Å². The van der Waals surface area contributed by atoms with Gasteiger partial charge in [0.1, 0.15) is 0 Å². The van der Waals surface area contributed by atoms with Crippen molar-refractivity contribution in [2.24, 2.45) is 5.92 Å². The van der Waals surface area contributed by atoms with Crippen molar-refractivity contribution in [2.75, 3.05) is 12.4 Å². The third-order valence-corrected chi connectivity index (χ3v) is 3.61. The van der Waals surface area contributed by atoms with E-state index < -0.39 is 11.7 Å². The van der Waals surface area contributed by atoms with Crippen LogP contribution in [0.2, 0.25) is 0 Å². The van der Waals surface area contributed by atoms with Crippen LogP contribution in [-0.2, 0) is 11.9 Å². The van der Waals surface area contributed by atoms with Crippen LogP contribution in [0.25, 0.3) is 0 Å². The fraction of sp³-hybridized carbons (Fsp3) is 0.500. The topological polar surface area (TPSA) is 20.2 Å². The van der Waals surface area contributed by atoms with Crippen molar-refractivity contribution in [3.8, 4) is 0 Å². The van der Waals surface area contributed by atoms with E-state index in [4.69, 9.17) is 5.11 Å². The molecule has 1 aromatic rings. The molecule has 1 rings (SSSR count). The number of hydrogen-bond donors (Lipinski definition) is 1. The van der Waals surface area contributed by atoms with Crippen LogP contribution < -0.4 is 0 Å². The number of benzene rings is 1. The second kappa shape index (κ2) is 6.31. The fourth-order valence-electron chi connectivity index (χ4n) is 1.35. The van der Waals surface area contributed by atoms with Gasteiger partial charge in [0.25, 0.3) is 0 Å². The summed E-state index contributed by atoms with van der Waals surface area (Å²) in [4.78, 5) is 0. The van der Waals surface area contributed by atoms with E-state index in [0.717, 1.165) is 6.07 Å². The largest absolute Gasteiger partial charge is 0.416 e. The molecule has 0 saturated heterocycles. The van der Waals surface area contributed by atoms with Gasteiger partial charge in [-0.05, 0) is 23.3 Å². The van der Waals surface area contributed by atoms with Gasteiger partial charge in [0.05, 0.1) is 5.56 Å². The third kappa shape index (κ3) is 4.60. The lowest BCUT2D eigenvalue weighted by atomic mass is 10.1. The van der Waals surface area contributed by atoms with Gasteiger partial charge in [0, 0.05) is 12.4 Å². The predicted molar refractivity (Wildman–Crippen MR) is 63.9 cm³/mol. The van der Waals surface area contributed by atoms with Crippen molar-refractivity contribution < 1.29 is 18.3 Å². The van der Waals surface area contributed by atoms with Crippen molar-refractivity contribution in [3.63, 3.8) is 0 Å². The normalized spacial score (nSPS) is 13.7. The predicted octanol–water partition coefficient (Wildman–Crippen LogP) is 3.57. The van der Waals surface area contributed by atoms with Crippen LogP contribution in [0.5, 0.6) is 0 Å². The summed E-state index contributed by atoms with van der Waals surface area (Å²) in [6.07, 6.45) is -4.29. The Bertz CT molecular complexity index is 352. The summed E-state index contributed by atoms with van der Waals surface area (Å²) in [5.74, 6) is 1.08. The van der Waals surface area contributed by atoms with Crippen LogP contribution >= 0.6 is 11.8 Å². The molecule has 5 heteroatoms. The number of hydrogen-bond acceptors (Lipinski definition) is 2. The van der Waals surface area contributed by atoms with Crippen molar-refractivity contribution in [1.29, 1.82) is 0 Å². The molecule has 0 bridgehead atoms. The highest BCUT2D eigenvalue weighted by Gasteiger charge is 2.32. The zero-order valence-electron chi connectivity index (χ0n) is 9.50. The Morgan fingerprint density at radius 2 is 1.94 bits per heavy atom. The van der Waals surface area contributed by atoms with Crippen LogP contribution in [-0.4, -0.2) is 17.5 Å². The molecule has 17 heavy (non-hydrogen) atoms. The fourth-order valence-corrected chi connectivity index (χ4v) is 2.44. The zero-order valence-corrected chi connectivity index (χ0v) is 10.3. The lowest BCUT2D eigenvalue weighted by Crippen LogP contribution is -2.09. The molecule has 0 radical (unpaired) electrons. The van der Waals surface area contributed by atoms with E-state index in [2.05, 4.69) is 0 Å². The Morgan fingerprint density at radius 3 is 2.53 bits per heavy atom. The van der Waals surface area contributed by atoms with Crippen molar-refractivity contribution in [2.45, 2.75) is 18.9 Å². The molecule has 0 aliphatic heterocycles. The van der Waals surface area contributed by atoms with Crippen molar-refractivity contribution in [1.82, 2.24) is 0 Å². The molecule has 1 nitrogen and oxygen atoms in total. The molecule has 0 fully saturated rings. The first kappa shape index (κ1) is 14.4. The lowest BCUT2D eigenvalue weighted by Gasteiger charge is -2.13. The highest BCUT2D eigenvalue weighted by Crippen LogP contribution is 2.33. The summed E-state index contributed by atoms with van der Waals surface area (Å²) in [6, 6.07) is 5.61. The first-order valence-electron chi connectivity index (χ1n) is 5.29. The summed E-state index contributed by atoms with van der Waals surface area (Å²) >= 11 is 1.41. The molecule has 0 heterocycles. The van der Waals surface area contributed by atoms with Gasteiger partial charge in [0.2, 0.25) is 0 Å². The molecule has 1 N–H and O–H groups in total. The molecule has 1 atom stereocenters. The number of rotatable bonds is 5. The first-order chi connectivity index (χ1) is 7.95. The maximum atomic E-state index is 12.7. The number of alkyl halides is 3. The summed E-state index contributed by atoms with van der Waals surface area (Å²) in [5, 5.41) is 8.82. The molecule has 0 spiro atoms. The van der Waals surface area contributed by atoms with Crippen molar-refractivity contribution in [3.05, 3.63) is 35.4 Å². The Balaban J connectivity index is 2.65. The summed E-state index contributed by atoms with van der Waals surface area (Å²) < 4.78 is 38.0. The smallest absolute Gasteiger partial charge is 0.396 e. The van der Waals surface area contributed by atoms with E-state index in [0.29, 0.717) is 17.1 Å². The summed E-state index contributed by atoms with van der Waals surface area (Å²) in [7, 11) is 0. The lowest BCUT2D eigenvalue weighted by molar-refractivity contribution is -0.138. The number of aliphatic hydroxyl groups is 1. The maximum absolute atomic E-state index is 12.7. The standard InChI is InChI=1S/C12H15F3OS/c1-9(6-16)7-17-8-10-4-2-3-5-11(10)12(13,14)15/h2-5,9,16H,6-8H2,1H3. The minimum Gasteiger partial charge on any atom is -0.396 e. The van der Waals surface area contributed by atoms with Gasteiger partial charge in [0.15, 0.2) is 0 Å². The number of halogens is 3. The molecule has 1 aromatic carbocycles. The average molecular weight is 264 g/mol. The SMILES string of the molecule is CC(CO)CSCc1ccccc1C(F)(F)F. The van der Waals surface area contributed by atoms with E-state index in [1.54, 1.807) is 6.07 Å². The van der Waals surface area contributed by atoms with E-state index in [1.165, 1.54) is 23.9 Å². The number of thioether (sulfide) groups is 1. The molecule has 0 amide bonds. The van der Waals surface area contributed by atoms with Gasteiger partial charge >= 0.3 is 6.18 Å². The van der Waals surface area contributed by atoms with E-state index >= 15 is 0 Å². The summed E-state index contributed by atoms with van der Waals surface area (Å²) in [5.41, 5.74) is -0.265. The van der Waals surface area contributed by atoms with Crippen LogP contribution in [0.3, 0.4) is 0 Å². The molecule has 0 aliphatic carbocycles. The third-order valence-electron chi connectivity index (χ3n) is 2.29. The molecule has 0 aliphatic rings. The Kier molecular flexibility index (Phi) is 5.33. The minimum absolute atomic E-state index is 0.0634. The van der Waals surface area contributed by atoms with Gasteiger partial charge in [-0.15, -0.1) is 0 Å². The number of aliphatic hydroxyl groups excluding tert-OH is 1. The van der Waals surface area contributed by atoms with Crippen LogP contribution in [0.15, 0.2) is 24.3 Å². The summed E-state index contributed by atoms with van der Waals surface area (Å²) in [6.45, 7) is 1.93. The minimum atomic E-state index is -4.29.